The Morgan fingerprint density at radius 3 is 2.83 bits per heavy atom. The Bertz CT molecular complexity index is 673. The van der Waals surface area contributed by atoms with Crippen molar-refractivity contribution < 1.29 is 14.3 Å². The number of piperidine rings is 1. The molecule has 7 heteroatoms. The number of methoxy groups -OCH3 is 1. The van der Waals surface area contributed by atoms with Crippen molar-refractivity contribution in [2.24, 2.45) is 0 Å². The van der Waals surface area contributed by atoms with Gasteiger partial charge in [-0.15, -0.1) is 0 Å². The third-order valence-corrected chi connectivity index (χ3v) is 3.95. The summed E-state index contributed by atoms with van der Waals surface area (Å²) in [4.78, 5) is 26.4. The number of carbonyl (C=O) groups excluding carboxylic acids is 1. The van der Waals surface area contributed by atoms with Crippen LogP contribution in [-0.4, -0.2) is 52.1 Å². The lowest BCUT2D eigenvalue weighted by Gasteiger charge is -2.32. The molecule has 0 aromatic carbocycles. The molecule has 1 fully saturated rings. The lowest BCUT2D eigenvalue weighted by atomic mass is 10.1. The summed E-state index contributed by atoms with van der Waals surface area (Å²) >= 11 is 0. The number of aromatic nitrogens is 3. The number of ether oxygens (including phenoxy) is 2. The molecule has 1 amide bonds. The molecule has 0 atom stereocenters. The quantitative estimate of drug-likeness (QED) is 0.827. The Labute approximate surface area is 140 Å². The van der Waals surface area contributed by atoms with Gasteiger partial charge in [0, 0.05) is 50.6 Å². The minimum absolute atomic E-state index is 0.0482. The summed E-state index contributed by atoms with van der Waals surface area (Å²) in [5.74, 6) is 0.632. The zero-order valence-electron chi connectivity index (χ0n) is 13.6. The highest BCUT2D eigenvalue weighted by Gasteiger charge is 2.24. The van der Waals surface area contributed by atoms with Gasteiger partial charge in [-0.25, -0.2) is 4.98 Å². The third-order valence-electron chi connectivity index (χ3n) is 3.95. The van der Waals surface area contributed by atoms with E-state index in [1.165, 1.54) is 7.11 Å². The van der Waals surface area contributed by atoms with E-state index in [0.717, 1.165) is 18.4 Å². The topological polar surface area (TPSA) is 77.4 Å². The van der Waals surface area contributed by atoms with E-state index < -0.39 is 0 Å². The summed E-state index contributed by atoms with van der Waals surface area (Å²) in [6, 6.07) is 5.77. The maximum atomic E-state index is 12.3. The van der Waals surface area contributed by atoms with Crippen molar-refractivity contribution in [2.45, 2.75) is 25.4 Å². The molecule has 0 unspecified atom stereocenters. The number of rotatable bonds is 5. The molecule has 126 valence electrons. The Morgan fingerprint density at radius 1 is 1.29 bits per heavy atom. The van der Waals surface area contributed by atoms with Crippen LogP contribution in [0, 0.1) is 0 Å². The van der Waals surface area contributed by atoms with Gasteiger partial charge in [-0.05, 0) is 11.6 Å². The summed E-state index contributed by atoms with van der Waals surface area (Å²) in [7, 11) is 1.52. The molecule has 24 heavy (non-hydrogen) atoms. The molecule has 1 aliphatic rings. The van der Waals surface area contributed by atoms with Crippen molar-refractivity contribution >= 4 is 5.91 Å². The van der Waals surface area contributed by atoms with Crippen LogP contribution in [-0.2, 0) is 11.2 Å². The Balaban J connectivity index is 1.49. The fraction of sp³-hybridized carbons (Fsp3) is 0.412. The molecule has 1 aliphatic heterocycles. The molecule has 3 heterocycles. The maximum absolute atomic E-state index is 12.3. The van der Waals surface area contributed by atoms with Gasteiger partial charge in [0.25, 0.3) is 0 Å². The van der Waals surface area contributed by atoms with Crippen molar-refractivity contribution in [3.05, 3.63) is 42.4 Å². The normalized spacial score (nSPS) is 15.1. The first-order chi connectivity index (χ1) is 11.7. The smallest absolute Gasteiger partial charge is 0.319 e. The minimum Gasteiger partial charge on any atom is -0.474 e. The predicted octanol–water partition coefficient (Wildman–Crippen LogP) is 1.49. The van der Waals surface area contributed by atoms with Crippen molar-refractivity contribution in [3.63, 3.8) is 0 Å². The summed E-state index contributed by atoms with van der Waals surface area (Å²) in [6.45, 7) is 1.37. The molecule has 0 aliphatic carbocycles. The molecular formula is C17H20N4O3. The molecule has 0 N–H and O–H groups in total. The number of carbonyl (C=O) groups is 1. The fourth-order valence-electron chi connectivity index (χ4n) is 2.67. The summed E-state index contributed by atoms with van der Waals surface area (Å²) < 4.78 is 10.9. The summed E-state index contributed by atoms with van der Waals surface area (Å²) in [6.07, 6.45) is 7.05. The number of amides is 1. The first-order valence-corrected chi connectivity index (χ1v) is 7.95. The molecule has 0 saturated carbocycles. The number of nitrogens with zero attached hydrogens (tertiary/aromatic N) is 4. The van der Waals surface area contributed by atoms with E-state index in [2.05, 4.69) is 15.0 Å². The average Bonchev–Trinajstić information content (AvgIpc) is 2.63. The van der Waals surface area contributed by atoms with E-state index in [0.29, 0.717) is 25.4 Å². The van der Waals surface area contributed by atoms with Crippen molar-refractivity contribution in [3.8, 4) is 11.9 Å². The van der Waals surface area contributed by atoms with Crippen LogP contribution in [0.4, 0.5) is 0 Å². The molecule has 0 bridgehead atoms. The van der Waals surface area contributed by atoms with E-state index in [1.807, 2.05) is 17.0 Å². The number of hydrogen-bond acceptors (Lipinski definition) is 6. The van der Waals surface area contributed by atoms with Crippen LogP contribution in [0.2, 0.25) is 0 Å². The fourth-order valence-corrected chi connectivity index (χ4v) is 2.67. The van der Waals surface area contributed by atoms with E-state index in [9.17, 15) is 4.79 Å². The lowest BCUT2D eigenvalue weighted by Crippen LogP contribution is -2.42. The lowest BCUT2D eigenvalue weighted by molar-refractivity contribution is -0.132. The van der Waals surface area contributed by atoms with Gasteiger partial charge >= 0.3 is 6.01 Å². The second-order valence-electron chi connectivity index (χ2n) is 5.62. The van der Waals surface area contributed by atoms with Gasteiger partial charge in [-0.3, -0.25) is 9.78 Å². The first-order valence-electron chi connectivity index (χ1n) is 7.95. The van der Waals surface area contributed by atoms with E-state index in [4.69, 9.17) is 9.47 Å². The molecule has 7 nitrogen and oxygen atoms in total. The van der Waals surface area contributed by atoms with Gasteiger partial charge in [-0.1, -0.05) is 6.07 Å². The van der Waals surface area contributed by atoms with Gasteiger partial charge < -0.3 is 14.4 Å². The van der Waals surface area contributed by atoms with E-state index >= 15 is 0 Å². The minimum atomic E-state index is 0.0482. The van der Waals surface area contributed by atoms with Crippen molar-refractivity contribution in [1.82, 2.24) is 19.9 Å². The van der Waals surface area contributed by atoms with Crippen LogP contribution in [0.1, 0.15) is 18.4 Å². The number of hydrogen-bond donors (Lipinski definition) is 0. The van der Waals surface area contributed by atoms with Crippen LogP contribution in [0.15, 0.2) is 36.8 Å². The molecule has 0 radical (unpaired) electrons. The molecular weight excluding hydrogens is 308 g/mol. The van der Waals surface area contributed by atoms with Crippen LogP contribution in [0.3, 0.4) is 0 Å². The zero-order chi connectivity index (χ0) is 16.8. The second-order valence-corrected chi connectivity index (χ2v) is 5.62. The molecule has 1 saturated heterocycles. The zero-order valence-corrected chi connectivity index (χ0v) is 13.6. The van der Waals surface area contributed by atoms with E-state index in [-0.39, 0.29) is 18.0 Å². The second kappa shape index (κ2) is 7.72. The van der Waals surface area contributed by atoms with Crippen molar-refractivity contribution in [1.29, 1.82) is 0 Å². The van der Waals surface area contributed by atoms with Crippen LogP contribution >= 0.6 is 0 Å². The highest BCUT2D eigenvalue weighted by molar-refractivity contribution is 5.78. The molecule has 0 spiro atoms. The standard InChI is InChI=1S/C17H20N4O3/c1-23-17-19-8-4-15(20-17)24-14-5-9-21(10-6-14)16(22)11-13-3-2-7-18-12-13/h2-4,7-8,12,14H,5-6,9-11H2,1H3. The highest BCUT2D eigenvalue weighted by Crippen LogP contribution is 2.19. The summed E-state index contributed by atoms with van der Waals surface area (Å²) in [5.41, 5.74) is 0.939. The van der Waals surface area contributed by atoms with Gasteiger partial charge in [0.15, 0.2) is 0 Å². The van der Waals surface area contributed by atoms with Crippen molar-refractivity contribution in [2.75, 3.05) is 20.2 Å². The average molecular weight is 328 g/mol. The third kappa shape index (κ3) is 4.18. The van der Waals surface area contributed by atoms with Gasteiger partial charge in [0.05, 0.1) is 13.5 Å². The van der Waals surface area contributed by atoms with Gasteiger partial charge in [0.1, 0.15) is 6.10 Å². The predicted molar refractivity (Wildman–Crippen MR) is 86.8 cm³/mol. The van der Waals surface area contributed by atoms with Crippen LogP contribution in [0.5, 0.6) is 11.9 Å². The van der Waals surface area contributed by atoms with Gasteiger partial charge in [-0.2, -0.15) is 4.98 Å². The number of pyridine rings is 1. The monoisotopic (exact) mass is 328 g/mol. The molecule has 3 rings (SSSR count). The summed E-state index contributed by atoms with van der Waals surface area (Å²) in [5, 5.41) is 0. The Hall–Kier alpha value is -2.70. The highest BCUT2D eigenvalue weighted by atomic mass is 16.5. The first kappa shape index (κ1) is 16.2. The Kier molecular flexibility index (Phi) is 5.20. The molecule has 2 aromatic heterocycles. The Morgan fingerprint density at radius 2 is 2.12 bits per heavy atom. The largest absolute Gasteiger partial charge is 0.474 e. The number of likely N-dealkylation sites (tertiary alicyclic amines) is 1. The van der Waals surface area contributed by atoms with E-state index in [1.54, 1.807) is 24.7 Å². The van der Waals surface area contributed by atoms with Gasteiger partial charge in [0.2, 0.25) is 11.8 Å². The molecule has 2 aromatic rings. The van der Waals surface area contributed by atoms with Crippen LogP contribution < -0.4 is 9.47 Å². The SMILES string of the molecule is COc1nccc(OC2CCN(C(=O)Cc3cccnc3)CC2)n1. The maximum Gasteiger partial charge on any atom is 0.319 e. The van der Waals surface area contributed by atoms with Crippen LogP contribution in [0.25, 0.3) is 0 Å².